The van der Waals surface area contributed by atoms with E-state index in [-0.39, 0.29) is 11.4 Å². The molecule has 0 unspecified atom stereocenters. The average molecular weight is 239 g/mol. The Labute approximate surface area is 84.8 Å². The first-order valence-corrected chi connectivity index (χ1v) is 5.78. The van der Waals surface area contributed by atoms with Crippen LogP contribution in [0.15, 0.2) is 17.3 Å². The van der Waals surface area contributed by atoms with Crippen molar-refractivity contribution in [3.8, 4) is 0 Å². The topological polar surface area (TPSA) is 78.3 Å². The lowest BCUT2D eigenvalue weighted by atomic mass is 10.6. The van der Waals surface area contributed by atoms with Crippen LogP contribution in [-0.2, 0) is 25.1 Å². The molecule has 1 heterocycles. The fraction of sp³-hybridized carbons (Fsp3) is 0.333. The predicted octanol–water partition coefficient (Wildman–Crippen LogP) is -0.0164. The van der Waals surface area contributed by atoms with Crippen LogP contribution in [0.3, 0.4) is 0 Å². The zero-order valence-corrected chi connectivity index (χ0v) is 8.75. The predicted molar refractivity (Wildman–Crippen MR) is 47.3 cm³/mol. The highest BCUT2D eigenvalue weighted by molar-refractivity contribution is 8.13. The molecule has 1 aromatic rings. The van der Waals surface area contributed by atoms with Crippen molar-refractivity contribution in [1.82, 2.24) is 9.78 Å². The summed E-state index contributed by atoms with van der Waals surface area (Å²) < 4.78 is 27.1. The summed E-state index contributed by atoms with van der Waals surface area (Å²) in [7, 11) is 2.48. The van der Waals surface area contributed by atoms with Gasteiger partial charge in [-0.3, -0.25) is 9.48 Å². The van der Waals surface area contributed by atoms with Gasteiger partial charge in [-0.25, -0.2) is 8.42 Å². The molecule has 1 rings (SSSR count). The highest BCUT2D eigenvalue weighted by Gasteiger charge is 2.13. The molecule has 8 heteroatoms. The molecule has 0 aliphatic carbocycles. The minimum atomic E-state index is -3.79. The number of methoxy groups -OCH3 is 1. The lowest BCUT2D eigenvalue weighted by Gasteiger charge is -1.97. The molecule has 0 aromatic carbocycles. The number of halogens is 1. The molecule has 0 saturated heterocycles. The molecule has 0 aliphatic rings. The van der Waals surface area contributed by atoms with E-state index in [0.717, 1.165) is 17.1 Å². The summed E-state index contributed by atoms with van der Waals surface area (Å²) in [5.74, 6) is -0.522. The van der Waals surface area contributed by atoms with E-state index in [1.807, 2.05) is 0 Å². The Hall–Kier alpha value is -1.08. The molecule has 6 nitrogen and oxygen atoms in total. The van der Waals surface area contributed by atoms with E-state index in [9.17, 15) is 13.2 Å². The number of hydrogen-bond donors (Lipinski definition) is 0. The van der Waals surface area contributed by atoms with Crippen molar-refractivity contribution < 1.29 is 17.9 Å². The Morgan fingerprint density at radius 2 is 2.36 bits per heavy atom. The molecule has 14 heavy (non-hydrogen) atoms. The molecule has 0 radical (unpaired) electrons. The van der Waals surface area contributed by atoms with Crippen LogP contribution in [-0.4, -0.2) is 31.3 Å². The molecule has 0 amide bonds. The van der Waals surface area contributed by atoms with E-state index >= 15 is 0 Å². The van der Waals surface area contributed by atoms with Crippen LogP contribution < -0.4 is 0 Å². The smallest absolute Gasteiger partial charge is 0.327 e. The molecule has 0 fully saturated rings. The van der Waals surface area contributed by atoms with Crippen LogP contribution in [0.5, 0.6) is 0 Å². The van der Waals surface area contributed by atoms with E-state index in [2.05, 4.69) is 9.84 Å². The molecule has 0 spiro atoms. The third kappa shape index (κ3) is 2.71. The molecule has 0 saturated carbocycles. The number of esters is 1. The van der Waals surface area contributed by atoms with Crippen LogP contribution in [0.25, 0.3) is 0 Å². The Morgan fingerprint density at radius 1 is 1.71 bits per heavy atom. The van der Waals surface area contributed by atoms with Crippen molar-refractivity contribution in [2.24, 2.45) is 0 Å². The van der Waals surface area contributed by atoms with Crippen LogP contribution in [0.4, 0.5) is 0 Å². The van der Waals surface area contributed by atoms with Gasteiger partial charge in [0.25, 0.3) is 9.05 Å². The first kappa shape index (κ1) is 11.0. The summed E-state index contributed by atoms with van der Waals surface area (Å²) in [6.07, 6.45) is 2.21. The molecular formula is C6H7ClN2O4S. The van der Waals surface area contributed by atoms with E-state index in [0.29, 0.717) is 0 Å². The number of carbonyl (C=O) groups is 1. The fourth-order valence-electron chi connectivity index (χ4n) is 0.754. The molecule has 0 N–H and O–H groups in total. The fourth-order valence-corrected chi connectivity index (χ4v) is 1.41. The molecule has 78 valence electrons. The summed E-state index contributed by atoms with van der Waals surface area (Å²) in [5.41, 5.74) is 0. The van der Waals surface area contributed by atoms with Crippen molar-refractivity contribution in [1.29, 1.82) is 0 Å². The van der Waals surface area contributed by atoms with E-state index in [4.69, 9.17) is 10.7 Å². The van der Waals surface area contributed by atoms with Crippen LogP contribution in [0, 0.1) is 0 Å². The van der Waals surface area contributed by atoms with Gasteiger partial charge in [-0.2, -0.15) is 5.10 Å². The van der Waals surface area contributed by atoms with Gasteiger partial charge >= 0.3 is 5.97 Å². The first-order valence-electron chi connectivity index (χ1n) is 3.47. The van der Waals surface area contributed by atoms with E-state index < -0.39 is 15.0 Å². The normalized spacial score (nSPS) is 11.3. The Bertz CT molecular complexity index is 438. The average Bonchev–Trinajstić information content (AvgIpc) is 2.51. The summed E-state index contributed by atoms with van der Waals surface area (Å²) in [5, 5.41) is 3.62. The maximum atomic E-state index is 10.8. The number of carbonyl (C=O) groups excluding carboxylic acids is 1. The number of aromatic nitrogens is 2. The SMILES string of the molecule is COC(=O)Cn1cc(S(=O)(=O)Cl)cn1. The maximum Gasteiger partial charge on any atom is 0.327 e. The van der Waals surface area contributed by atoms with Crippen LogP contribution >= 0.6 is 10.7 Å². The quantitative estimate of drug-likeness (QED) is 0.546. The van der Waals surface area contributed by atoms with Crippen molar-refractivity contribution in [2.45, 2.75) is 11.4 Å². The number of hydrogen-bond acceptors (Lipinski definition) is 5. The summed E-state index contributed by atoms with van der Waals surface area (Å²) in [6.45, 7) is -0.150. The second-order valence-electron chi connectivity index (χ2n) is 2.39. The van der Waals surface area contributed by atoms with Gasteiger partial charge in [0.2, 0.25) is 0 Å². The van der Waals surface area contributed by atoms with Gasteiger partial charge in [0.1, 0.15) is 11.4 Å². The van der Waals surface area contributed by atoms with Gasteiger partial charge < -0.3 is 4.74 Å². The summed E-state index contributed by atoms with van der Waals surface area (Å²) in [4.78, 5) is 10.6. The van der Waals surface area contributed by atoms with Crippen molar-refractivity contribution in [3.63, 3.8) is 0 Å². The highest BCUT2D eigenvalue weighted by atomic mass is 35.7. The van der Waals surface area contributed by atoms with Crippen molar-refractivity contribution in [2.75, 3.05) is 7.11 Å². The van der Waals surface area contributed by atoms with Crippen molar-refractivity contribution >= 4 is 25.7 Å². The zero-order valence-electron chi connectivity index (χ0n) is 7.18. The monoisotopic (exact) mass is 238 g/mol. The third-order valence-corrected chi connectivity index (χ3v) is 2.72. The summed E-state index contributed by atoms with van der Waals surface area (Å²) in [6, 6.07) is 0. The Balaban J connectivity index is 2.84. The Kier molecular flexibility index (Phi) is 3.12. The van der Waals surface area contributed by atoms with E-state index in [1.165, 1.54) is 7.11 Å². The van der Waals surface area contributed by atoms with Gasteiger partial charge in [0.15, 0.2) is 0 Å². The third-order valence-electron chi connectivity index (χ3n) is 1.41. The highest BCUT2D eigenvalue weighted by Crippen LogP contribution is 2.12. The van der Waals surface area contributed by atoms with Gasteiger partial charge in [0, 0.05) is 16.9 Å². The number of ether oxygens (including phenoxy) is 1. The lowest BCUT2D eigenvalue weighted by molar-refractivity contribution is -0.141. The molecule has 0 bridgehead atoms. The molecule has 1 aromatic heterocycles. The van der Waals surface area contributed by atoms with Gasteiger partial charge in [-0.05, 0) is 0 Å². The summed E-state index contributed by atoms with van der Waals surface area (Å²) >= 11 is 0. The standard InChI is InChI=1S/C6H7ClN2O4S/c1-13-6(10)4-9-3-5(2-8-9)14(7,11)12/h2-3H,4H2,1H3. The van der Waals surface area contributed by atoms with Crippen LogP contribution in [0.1, 0.15) is 0 Å². The maximum absolute atomic E-state index is 10.8. The van der Waals surface area contributed by atoms with Gasteiger partial charge in [-0.15, -0.1) is 0 Å². The molecule has 0 aliphatic heterocycles. The first-order chi connectivity index (χ1) is 6.43. The molecule has 0 atom stereocenters. The number of rotatable bonds is 3. The second-order valence-corrected chi connectivity index (χ2v) is 4.95. The largest absolute Gasteiger partial charge is 0.468 e. The van der Waals surface area contributed by atoms with Gasteiger partial charge in [-0.1, -0.05) is 0 Å². The Morgan fingerprint density at radius 3 is 2.79 bits per heavy atom. The van der Waals surface area contributed by atoms with Gasteiger partial charge in [0.05, 0.1) is 13.3 Å². The van der Waals surface area contributed by atoms with Crippen molar-refractivity contribution in [3.05, 3.63) is 12.4 Å². The minimum Gasteiger partial charge on any atom is -0.468 e. The lowest BCUT2D eigenvalue weighted by Crippen LogP contribution is -2.11. The van der Waals surface area contributed by atoms with E-state index in [1.54, 1.807) is 0 Å². The minimum absolute atomic E-state index is 0.150. The molecular weight excluding hydrogens is 232 g/mol. The zero-order chi connectivity index (χ0) is 10.8. The number of nitrogens with zero attached hydrogens (tertiary/aromatic N) is 2. The second kappa shape index (κ2) is 3.97. The van der Waals surface area contributed by atoms with Crippen LogP contribution in [0.2, 0.25) is 0 Å².